The van der Waals surface area contributed by atoms with Crippen molar-refractivity contribution < 1.29 is 4.74 Å². The smallest absolute Gasteiger partial charge is 0.162 e. The molecule has 21 heavy (non-hydrogen) atoms. The first-order valence-corrected chi connectivity index (χ1v) is 7.89. The summed E-state index contributed by atoms with van der Waals surface area (Å²) in [4.78, 5) is 9.43. The quantitative estimate of drug-likeness (QED) is 0.658. The van der Waals surface area contributed by atoms with E-state index in [0.717, 1.165) is 37.2 Å². The van der Waals surface area contributed by atoms with Gasteiger partial charge in [-0.25, -0.2) is 15.8 Å². The third-order valence-corrected chi connectivity index (χ3v) is 5.10. The van der Waals surface area contributed by atoms with Crippen LogP contribution in [0.3, 0.4) is 0 Å². The van der Waals surface area contributed by atoms with Crippen molar-refractivity contribution in [1.29, 1.82) is 0 Å². The highest BCUT2D eigenvalue weighted by Crippen LogP contribution is 2.47. The van der Waals surface area contributed by atoms with E-state index in [9.17, 15) is 0 Å². The van der Waals surface area contributed by atoms with Crippen LogP contribution in [0.25, 0.3) is 0 Å². The van der Waals surface area contributed by atoms with Gasteiger partial charge in [-0.1, -0.05) is 13.8 Å². The van der Waals surface area contributed by atoms with Gasteiger partial charge in [-0.05, 0) is 43.9 Å². The predicted octanol–water partition coefficient (Wildman–Crippen LogP) is 3.08. The molecule has 1 aromatic rings. The summed E-state index contributed by atoms with van der Waals surface area (Å²) in [7, 11) is 1.78. The van der Waals surface area contributed by atoms with Crippen molar-refractivity contribution in [3.63, 3.8) is 0 Å². The Morgan fingerprint density at radius 1 is 1.19 bits per heavy atom. The van der Waals surface area contributed by atoms with E-state index >= 15 is 0 Å². The third-order valence-electron chi connectivity index (χ3n) is 5.10. The fourth-order valence-electron chi connectivity index (χ4n) is 3.18. The van der Waals surface area contributed by atoms with E-state index in [1.54, 1.807) is 7.11 Å². The van der Waals surface area contributed by atoms with Crippen molar-refractivity contribution >= 4 is 5.82 Å². The van der Waals surface area contributed by atoms with Crippen molar-refractivity contribution in [3.05, 3.63) is 17.6 Å². The molecule has 0 aliphatic heterocycles. The van der Waals surface area contributed by atoms with Gasteiger partial charge in [-0.2, -0.15) is 0 Å². The fraction of sp³-hybridized carbons (Fsp3) is 0.750. The Kier molecular flexibility index (Phi) is 3.66. The summed E-state index contributed by atoms with van der Waals surface area (Å²) < 4.78 is 5.92. The number of hydrazine groups is 1. The predicted molar refractivity (Wildman–Crippen MR) is 82.8 cm³/mol. The molecule has 0 saturated heterocycles. The molecular weight excluding hydrogens is 264 g/mol. The molecule has 0 aromatic carbocycles. The molecule has 1 heterocycles. The van der Waals surface area contributed by atoms with Crippen LogP contribution < -0.4 is 11.3 Å². The van der Waals surface area contributed by atoms with E-state index in [0.29, 0.717) is 17.2 Å². The van der Waals surface area contributed by atoms with Crippen LogP contribution in [0.1, 0.15) is 69.8 Å². The number of hydrogen-bond acceptors (Lipinski definition) is 5. The van der Waals surface area contributed by atoms with Crippen LogP contribution in [0.4, 0.5) is 5.82 Å². The fourth-order valence-corrected chi connectivity index (χ4v) is 3.18. The molecule has 1 aromatic heterocycles. The molecule has 116 valence electrons. The first-order chi connectivity index (χ1) is 9.98. The van der Waals surface area contributed by atoms with E-state index < -0.39 is 0 Å². The van der Waals surface area contributed by atoms with E-state index in [-0.39, 0.29) is 5.60 Å². The maximum absolute atomic E-state index is 5.92. The van der Waals surface area contributed by atoms with Crippen LogP contribution in [0.2, 0.25) is 0 Å². The standard InChI is InChI=1S/C16H26N4O/c1-15(2)6-8-16(21-3,9-7-15)14-18-12(11-4-5-11)10-13(19-14)20-17/h10-11H,4-9,17H2,1-3H3,(H,18,19,20). The van der Waals surface area contributed by atoms with Crippen molar-refractivity contribution in [2.75, 3.05) is 12.5 Å². The Balaban J connectivity index is 1.95. The molecule has 2 fully saturated rings. The van der Waals surface area contributed by atoms with Gasteiger partial charge in [0.05, 0.1) is 0 Å². The molecule has 2 aliphatic carbocycles. The van der Waals surface area contributed by atoms with Gasteiger partial charge in [0.25, 0.3) is 0 Å². The molecule has 0 radical (unpaired) electrons. The summed E-state index contributed by atoms with van der Waals surface area (Å²) in [6.07, 6.45) is 6.62. The zero-order valence-electron chi connectivity index (χ0n) is 13.3. The average Bonchev–Trinajstić information content (AvgIpc) is 3.32. The van der Waals surface area contributed by atoms with Crippen LogP contribution >= 0.6 is 0 Å². The topological polar surface area (TPSA) is 73.1 Å². The molecule has 0 amide bonds. The van der Waals surface area contributed by atoms with Gasteiger partial charge in [-0.15, -0.1) is 0 Å². The molecule has 0 bridgehead atoms. The molecule has 2 saturated carbocycles. The van der Waals surface area contributed by atoms with Gasteiger partial charge in [0.1, 0.15) is 11.4 Å². The minimum absolute atomic E-state index is 0.355. The van der Waals surface area contributed by atoms with Gasteiger partial charge >= 0.3 is 0 Å². The lowest BCUT2D eigenvalue weighted by molar-refractivity contribution is -0.0729. The van der Waals surface area contributed by atoms with Crippen LogP contribution in [0, 0.1) is 5.41 Å². The molecule has 5 nitrogen and oxygen atoms in total. The second-order valence-electron chi connectivity index (χ2n) is 7.28. The van der Waals surface area contributed by atoms with Gasteiger partial charge in [-0.3, -0.25) is 0 Å². The zero-order valence-corrected chi connectivity index (χ0v) is 13.3. The van der Waals surface area contributed by atoms with Crippen molar-refractivity contribution in [1.82, 2.24) is 9.97 Å². The summed E-state index contributed by atoms with van der Waals surface area (Å²) in [6, 6.07) is 1.97. The number of hydrogen-bond donors (Lipinski definition) is 2. The highest BCUT2D eigenvalue weighted by atomic mass is 16.5. The largest absolute Gasteiger partial charge is 0.370 e. The maximum atomic E-state index is 5.92. The normalized spacial score (nSPS) is 23.8. The average molecular weight is 290 g/mol. The number of nitrogens with one attached hydrogen (secondary N) is 1. The van der Waals surface area contributed by atoms with Gasteiger partial charge in [0.2, 0.25) is 0 Å². The Morgan fingerprint density at radius 2 is 1.86 bits per heavy atom. The molecular formula is C16H26N4O. The first-order valence-electron chi connectivity index (χ1n) is 7.89. The molecule has 0 spiro atoms. The number of rotatable bonds is 4. The van der Waals surface area contributed by atoms with E-state index in [4.69, 9.17) is 15.6 Å². The zero-order chi connectivity index (χ0) is 15.1. The Morgan fingerprint density at radius 3 is 2.38 bits per heavy atom. The second kappa shape index (κ2) is 5.21. The number of aromatic nitrogens is 2. The molecule has 3 rings (SSSR count). The SMILES string of the molecule is COC1(c2nc(NN)cc(C3CC3)n2)CCC(C)(C)CC1. The summed E-state index contributed by atoms with van der Waals surface area (Å²) in [5.74, 6) is 7.66. The maximum Gasteiger partial charge on any atom is 0.162 e. The van der Waals surface area contributed by atoms with Crippen LogP contribution in [-0.2, 0) is 10.3 Å². The van der Waals surface area contributed by atoms with Crippen molar-refractivity contribution in [3.8, 4) is 0 Å². The number of nitrogens with two attached hydrogens (primary N) is 1. The summed E-state index contributed by atoms with van der Waals surface area (Å²) >= 11 is 0. The number of nitrogens with zero attached hydrogens (tertiary/aromatic N) is 2. The summed E-state index contributed by atoms with van der Waals surface area (Å²) in [6.45, 7) is 4.64. The van der Waals surface area contributed by atoms with Crippen LogP contribution in [-0.4, -0.2) is 17.1 Å². The number of anilines is 1. The van der Waals surface area contributed by atoms with E-state index in [2.05, 4.69) is 24.3 Å². The van der Waals surface area contributed by atoms with Gasteiger partial charge in [0.15, 0.2) is 5.82 Å². The molecule has 0 unspecified atom stereocenters. The number of methoxy groups -OCH3 is 1. The minimum atomic E-state index is -0.355. The van der Waals surface area contributed by atoms with Crippen molar-refractivity contribution in [2.24, 2.45) is 11.3 Å². The Bertz CT molecular complexity index is 515. The summed E-state index contributed by atoms with van der Waals surface area (Å²) in [5, 5.41) is 0. The Hall–Kier alpha value is -1.20. The highest BCUT2D eigenvalue weighted by molar-refractivity contribution is 5.37. The van der Waals surface area contributed by atoms with E-state index in [1.807, 2.05) is 6.07 Å². The first kappa shape index (κ1) is 14.7. The van der Waals surface area contributed by atoms with Gasteiger partial charge in [0, 0.05) is 24.8 Å². The highest BCUT2D eigenvalue weighted by Gasteiger charge is 2.43. The van der Waals surface area contributed by atoms with Crippen molar-refractivity contribution in [2.45, 2.75) is 63.9 Å². The molecule has 5 heteroatoms. The van der Waals surface area contributed by atoms with Crippen LogP contribution in [0.5, 0.6) is 0 Å². The summed E-state index contributed by atoms with van der Waals surface area (Å²) in [5.41, 5.74) is 3.81. The third kappa shape index (κ3) is 2.90. The Labute approximate surface area is 126 Å². The van der Waals surface area contributed by atoms with E-state index in [1.165, 1.54) is 12.8 Å². The minimum Gasteiger partial charge on any atom is -0.370 e. The number of ether oxygens (including phenoxy) is 1. The molecule has 2 aliphatic rings. The number of nitrogen functional groups attached to an aromatic ring is 1. The second-order valence-corrected chi connectivity index (χ2v) is 7.28. The lowest BCUT2D eigenvalue weighted by Crippen LogP contribution is -2.38. The lowest BCUT2D eigenvalue weighted by Gasteiger charge is -2.41. The lowest BCUT2D eigenvalue weighted by atomic mass is 9.70. The molecule has 0 atom stereocenters. The van der Waals surface area contributed by atoms with Crippen LogP contribution in [0.15, 0.2) is 6.07 Å². The monoisotopic (exact) mass is 290 g/mol. The van der Waals surface area contributed by atoms with Gasteiger partial charge < -0.3 is 10.2 Å². The molecule has 3 N–H and O–H groups in total.